The van der Waals surface area contributed by atoms with E-state index in [-0.39, 0.29) is 6.61 Å². The largest absolute Gasteiger partial charge is 0.267 e. The van der Waals surface area contributed by atoms with E-state index in [9.17, 15) is 8.42 Å². The first kappa shape index (κ1) is 14.4. The molecule has 18 heavy (non-hydrogen) atoms. The minimum absolute atomic E-state index is 0.125. The maximum Gasteiger partial charge on any atom is 0.257 e. The Kier molecular flexibility index (Phi) is 6.76. The SMILES string of the molecule is Cc1ccccc1.O=[SH](=O)OCc1ccccc1. The van der Waals surface area contributed by atoms with E-state index in [4.69, 9.17) is 0 Å². The van der Waals surface area contributed by atoms with Crippen molar-refractivity contribution in [2.45, 2.75) is 13.5 Å². The lowest BCUT2D eigenvalue weighted by Crippen LogP contribution is -1.89. The minimum atomic E-state index is -2.72. The Bertz CT molecular complexity index is 499. The zero-order valence-corrected chi connectivity index (χ0v) is 11.0. The van der Waals surface area contributed by atoms with E-state index in [0.29, 0.717) is 0 Å². The van der Waals surface area contributed by atoms with Gasteiger partial charge in [0, 0.05) is 0 Å². The van der Waals surface area contributed by atoms with Crippen LogP contribution >= 0.6 is 0 Å². The van der Waals surface area contributed by atoms with E-state index in [2.05, 4.69) is 23.2 Å². The third-order valence-electron chi connectivity index (χ3n) is 2.12. The molecule has 0 heterocycles. The quantitative estimate of drug-likeness (QED) is 0.867. The van der Waals surface area contributed by atoms with E-state index in [1.54, 1.807) is 12.1 Å². The summed E-state index contributed by atoms with van der Waals surface area (Å²) in [5.41, 5.74) is 2.18. The molecule has 96 valence electrons. The summed E-state index contributed by atoms with van der Waals surface area (Å²) in [5.74, 6) is 0. The zero-order chi connectivity index (χ0) is 13.2. The third kappa shape index (κ3) is 6.83. The number of rotatable bonds is 3. The number of hydrogen-bond donors (Lipinski definition) is 1. The van der Waals surface area contributed by atoms with Crippen LogP contribution in [-0.2, 0) is 21.8 Å². The average Bonchev–Trinajstić information content (AvgIpc) is 2.39. The molecule has 0 unspecified atom stereocenters. The molecule has 0 aliphatic rings. The molecule has 0 bridgehead atoms. The van der Waals surface area contributed by atoms with Crippen LogP contribution in [0.25, 0.3) is 0 Å². The molecule has 0 saturated carbocycles. The molecule has 0 atom stereocenters. The number of thiol groups is 1. The monoisotopic (exact) mass is 264 g/mol. The fourth-order valence-corrected chi connectivity index (χ4v) is 1.49. The van der Waals surface area contributed by atoms with Crippen LogP contribution in [0.4, 0.5) is 0 Å². The Hall–Kier alpha value is -1.65. The highest BCUT2D eigenvalue weighted by atomic mass is 32.2. The maximum atomic E-state index is 9.99. The van der Waals surface area contributed by atoms with Crippen molar-refractivity contribution < 1.29 is 12.6 Å². The van der Waals surface area contributed by atoms with Crippen LogP contribution in [0, 0.1) is 6.92 Å². The summed E-state index contributed by atoms with van der Waals surface area (Å²) >= 11 is 0. The Balaban J connectivity index is 0.000000199. The zero-order valence-electron chi connectivity index (χ0n) is 10.2. The standard InChI is InChI=1S/C7H8O3S.C7H8/c8-11(9)10-6-7-4-2-1-3-5-7;1-7-5-3-2-4-6-7/h1-5,11H,6H2;2-6H,1H3. The van der Waals surface area contributed by atoms with Crippen molar-refractivity contribution in [2.75, 3.05) is 0 Å². The van der Waals surface area contributed by atoms with Gasteiger partial charge in [-0.05, 0) is 12.5 Å². The smallest absolute Gasteiger partial charge is 0.257 e. The number of aryl methyl sites for hydroxylation is 1. The van der Waals surface area contributed by atoms with Crippen LogP contribution in [0.2, 0.25) is 0 Å². The van der Waals surface area contributed by atoms with Gasteiger partial charge < -0.3 is 0 Å². The van der Waals surface area contributed by atoms with Gasteiger partial charge >= 0.3 is 0 Å². The van der Waals surface area contributed by atoms with Crippen molar-refractivity contribution in [3.8, 4) is 0 Å². The predicted octanol–water partition coefficient (Wildman–Crippen LogP) is 2.72. The summed E-state index contributed by atoms with van der Waals surface area (Å²) in [5, 5.41) is 0. The first-order valence-electron chi connectivity index (χ1n) is 5.51. The van der Waals surface area contributed by atoms with Gasteiger partial charge in [0.05, 0.1) is 6.61 Å². The Labute approximate surface area is 109 Å². The topological polar surface area (TPSA) is 43.4 Å². The fourth-order valence-electron chi connectivity index (χ4n) is 1.24. The van der Waals surface area contributed by atoms with Crippen molar-refractivity contribution in [3.63, 3.8) is 0 Å². The van der Waals surface area contributed by atoms with Gasteiger partial charge in [-0.2, -0.15) is 0 Å². The molecule has 0 saturated heterocycles. The number of benzene rings is 2. The molecular formula is C14H16O3S. The Morgan fingerprint density at radius 3 is 1.78 bits per heavy atom. The van der Waals surface area contributed by atoms with Gasteiger partial charge in [0.1, 0.15) is 0 Å². The fraction of sp³-hybridized carbons (Fsp3) is 0.143. The average molecular weight is 264 g/mol. The Morgan fingerprint density at radius 2 is 1.39 bits per heavy atom. The molecule has 4 heteroatoms. The molecule has 3 nitrogen and oxygen atoms in total. The van der Waals surface area contributed by atoms with Gasteiger partial charge in [-0.1, -0.05) is 66.2 Å². The van der Waals surface area contributed by atoms with Crippen LogP contribution in [0.1, 0.15) is 11.1 Å². The molecule has 2 aromatic rings. The molecule has 0 radical (unpaired) electrons. The van der Waals surface area contributed by atoms with Crippen molar-refractivity contribution in [1.29, 1.82) is 0 Å². The summed E-state index contributed by atoms with van der Waals surface area (Å²) in [6, 6.07) is 19.4. The maximum absolute atomic E-state index is 9.99. The Morgan fingerprint density at radius 1 is 0.889 bits per heavy atom. The second-order valence-corrected chi connectivity index (χ2v) is 4.34. The molecule has 2 rings (SSSR count). The van der Waals surface area contributed by atoms with Crippen LogP contribution in [0.5, 0.6) is 0 Å². The summed E-state index contributed by atoms with van der Waals surface area (Å²) in [6.45, 7) is 2.21. The van der Waals surface area contributed by atoms with Crippen molar-refractivity contribution >= 4 is 11.0 Å². The lowest BCUT2D eigenvalue weighted by Gasteiger charge is -1.94. The predicted molar refractivity (Wildman–Crippen MR) is 72.7 cm³/mol. The van der Waals surface area contributed by atoms with Gasteiger partial charge in [0.15, 0.2) is 0 Å². The molecule has 0 aliphatic heterocycles. The van der Waals surface area contributed by atoms with E-state index < -0.39 is 11.0 Å². The van der Waals surface area contributed by atoms with Gasteiger partial charge in [0.2, 0.25) is 0 Å². The molecule has 0 fully saturated rings. The molecule has 0 N–H and O–H groups in total. The number of hydrogen-bond acceptors (Lipinski definition) is 3. The third-order valence-corrected chi connectivity index (χ3v) is 2.46. The van der Waals surface area contributed by atoms with Crippen molar-refractivity contribution in [3.05, 3.63) is 71.8 Å². The lowest BCUT2D eigenvalue weighted by atomic mass is 10.2. The van der Waals surface area contributed by atoms with Gasteiger partial charge in [-0.3, -0.25) is 4.18 Å². The highest BCUT2D eigenvalue weighted by Gasteiger charge is 1.90. The summed E-state index contributed by atoms with van der Waals surface area (Å²) in [4.78, 5) is 0. The van der Waals surface area contributed by atoms with Crippen LogP contribution < -0.4 is 0 Å². The van der Waals surface area contributed by atoms with E-state index in [1.165, 1.54) is 5.56 Å². The van der Waals surface area contributed by atoms with E-state index >= 15 is 0 Å². The first-order chi connectivity index (χ1) is 8.68. The second-order valence-electron chi connectivity index (χ2n) is 3.64. The summed E-state index contributed by atoms with van der Waals surface area (Å²) < 4.78 is 24.4. The van der Waals surface area contributed by atoms with Gasteiger partial charge in [0.25, 0.3) is 11.0 Å². The van der Waals surface area contributed by atoms with E-state index in [0.717, 1.165) is 5.56 Å². The first-order valence-corrected chi connectivity index (χ1v) is 6.61. The molecular weight excluding hydrogens is 248 g/mol. The lowest BCUT2D eigenvalue weighted by molar-refractivity contribution is 0.323. The van der Waals surface area contributed by atoms with Crippen molar-refractivity contribution in [2.24, 2.45) is 0 Å². The van der Waals surface area contributed by atoms with Gasteiger partial charge in [-0.15, -0.1) is 0 Å². The summed E-state index contributed by atoms with van der Waals surface area (Å²) in [7, 11) is -2.72. The van der Waals surface area contributed by atoms with Crippen LogP contribution in [0.15, 0.2) is 60.7 Å². The van der Waals surface area contributed by atoms with E-state index in [1.807, 2.05) is 36.4 Å². The molecule has 0 aromatic heterocycles. The summed E-state index contributed by atoms with van der Waals surface area (Å²) in [6.07, 6.45) is 0. The highest BCUT2D eigenvalue weighted by molar-refractivity contribution is 7.67. The molecule has 0 amide bonds. The van der Waals surface area contributed by atoms with Crippen molar-refractivity contribution in [1.82, 2.24) is 0 Å². The minimum Gasteiger partial charge on any atom is -0.267 e. The highest BCUT2D eigenvalue weighted by Crippen LogP contribution is 1.99. The van der Waals surface area contributed by atoms with Gasteiger partial charge in [-0.25, -0.2) is 8.42 Å². The van der Waals surface area contributed by atoms with Crippen LogP contribution in [-0.4, -0.2) is 8.42 Å². The molecule has 0 aliphatic carbocycles. The normalized spacial score (nSPS) is 9.67. The molecule has 2 aromatic carbocycles. The molecule has 0 spiro atoms. The van der Waals surface area contributed by atoms with Crippen LogP contribution in [0.3, 0.4) is 0 Å². The second kappa shape index (κ2) is 8.44.